The number of nitrogens with two attached hydrogens (primary N) is 1. The Labute approximate surface area is 117 Å². The highest BCUT2D eigenvalue weighted by Gasteiger charge is 2.22. The third-order valence-electron chi connectivity index (χ3n) is 3.92. The van der Waals surface area contributed by atoms with Crippen LogP contribution < -0.4 is 5.73 Å². The van der Waals surface area contributed by atoms with E-state index in [0.717, 1.165) is 18.0 Å². The zero-order chi connectivity index (χ0) is 13.7. The van der Waals surface area contributed by atoms with Crippen LogP contribution in [0.25, 0.3) is 0 Å². The summed E-state index contributed by atoms with van der Waals surface area (Å²) in [7, 11) is 0. The van der Waals surface area contributed by atoms with Gasteiger partial charge in [0.1, 0.15) is 0 Å². The third kappa shape index (κ3) is 4.09. The van der Waals surface area contributed by atoms with E-state index in [1.165, 1.54) is 24.9 Å². The van der Waals surface area contributed by atoms with Crippen LogP contribution in [0, 0.1) is 17.8 Å². The Morgan fingerprint density at radius 3 is 2.95 bits per heavy atom. The molecule has 2 atom stereocenters. The van der Waals surface area contributed by atoms with E-state index in [2.05, 4.69) is 48.8 Å². The number of hydrogen-bond acceptors (Lipinski definition) is 2. The standard InChI is InChI=1S/C17H24N2/c1-14-8-10-19(15(2)11-14)13-17-6-3-5-16(12-17)7-4-9-18/h3,5-6,12,14-15H,8-11,13,18H2,1-2H3. The summed E-state index contributed by atoms with van der Waals surface area (Å²) in [4.78, 5) is 2.58. The van der Waals surface area contributed by atoms with Gasteiger partial charge in [-0.05, 0) is 49.9 Å². The summed E-state index contributed by atoms with van der Waals surface area (Å²) < 4.78 is 0. The first kappa shape index (κ1) is 14.1. The van der Waals surface area contributed by atoms with Crippen LogP contribution in [0.4, 0.5) is 0 Å². The van der Waals surface area contributed by atoms with Crippen molar-refractivity contribution < 1.29 is 0 Å². The molecule has 2 heteroatoms. The fraction of sp³-hybridized carbons (Fsp3) is 0.529. The maximum Gasteiger partial charge on any atom is 0.0555 e. The molecular weight excluding hydrogens is 232 g/mol. The molecule has 0 aliphatic carbocycles. The van der Waals surface area contributed by atoms with E-state index in [4.69, 9.17) is 5.73 Å². The molecular formula is C17H24N2. The average Bonchev–Trinajstić information content (AvgIpc) is 2.40. The molecule has 0 amide bonds. The van der Waals surface area contributed by atoms with Gasteiger partial charge in [0.05, 0.1) is 6.54 Å². The Morgan fingerprint density at radius 2 is 2.21 bits per heavy atom. The third-order valence-corrected chi connectivity index (χ3v) is 3.92. The highest BCUT2D eigenvalue weighted by Crippen LogP contribution is 2.23. The number of benzene rings is 1. The minimum absolute atomic E-state index is 0.422. The average molecular weight is 256 g/mol. The lowest BCUT2D eigenvalue weighted by Gasteiger charge is -2.36. The molecule has 0 saturated carbocycles. The van der Waals surface area contributed by atoms with Crippen molar-refractivity contribution in [3.63, 3.8) is 0 Å². The first-order valence-electron chi connectivity index (χ1n) is 7.21. The van der Waals surface area contributed by atoms with Crippen LogP contribution in [0.5, 0.6) is 0 Å². The molecule has 0 spiro atoms. The van der Waals surface area contributed by atoms with Crippen LogP contribution in [0.2, 0.25) is 0 Å². The van der Waals surface area contributed by atoms with E-state index in [1.54, 1.807) is 0 Å². The maximum absolute atomic E-state index is 5.41. The van der Waals surface area contributed by atoms with Crippen molar-refractivity contribution >= 4 is 0 Å². The van der Waals surface area contributed by atoms with E-state index >= 15 is 0 Å². The van der Waals surface area contributed by atoms with E-state index in [9.17, 15) is 0 Å². The van der Waals surface area contributed by atoms with Crippen molar-refractivity contribution in [2.75, 3.05) is 13.1 Å². The lowest BCUT2D eigenvalue weighted by molar-refractivity contribution is 0.122. The lowest BCUT2D eigenvalue weighted by Crippen LogP contribution is -2.39. The van der Waals surface area contributed by atoms with Gasteiger partial charge in [-0.15, -0.1) is 0 Å². The molecule has 1 fully saturated rings. The lowest BCUT2D eigenvalue weighted by atomic mass is 9.93. The molecule has 0 radical (unpaired) electrons. The van der Waals surface area contributed by atoms with Gasteiger partial charge >= 0.3 is 0 Å². The van der Waals surface area contributed by atoms with Gasteiger partial charge < -0.3 is 5.73 Å². The van der Waals surface area contributed by atoms with Crippen molar-refractivity contribution in [1.82, 2.24) is 4.90 Å². The summed E-state index contributed by atoms with van der Waals surface area (Å²) in [6, 6.07) is 9.20. The molecule has 1 aromatic carbocycles. The molecule has 2 rings (SSSR count). The van der Waals surface area contributed by atoms with Crippen LogP contribution >= 0.6 is 0 Å². The van der Waals surface area contributed by atoms with Crippen LogP contribution in [0.1, 0.15) is 37.8 Å². The van der Waals surface area contributed by atoms with E-state index in [-0.39, 0.29) is 0 Å². The quantitative estimate of drug-likeness (QED) is 0.824. The molecule has 0 aromatic heterocycles. The second kappa shape index (κ2) is 6.75. The summed E-state index contributed by atoms with van der Waals surface area (Å²) >= 11 is 0. The van der Waals surface area contributed by atoms with Gasteiger partial charge in [-0.25, -0.2) is 0 Å². The number of nitrogens with zero attached hydrogens (tertiary/aromatic N) is 1. The molecule has 2 N–H and O–H groups in total. The van der Waals surface area contributed by atoms with Crippen molar-refractivity contribution in [2.45, 2.75) is 39.3 Å². The van der Waals surface area contributed by atoms with Crippen molar-refractivity contribution in [3.05, 3.63) is 35.4 Å². The smallest absolute Gasteiger partial charge is 0.0555 e. The molecule has 2 unspecified atom stereocenters. The summed E-state index contributed by atoms with van der Waals surface area (Å²) in [5.41, 5.74) is 7.84. The van der Waals surface area contributed by atoms with Crippen LogP contribution in [-0.4, -0.2) is 24.0 Å². The van der Waals surface area contributed by atoms with Crippen molar-refractivity contribution in [1.29, 1.82) is 0 Å². The highest BCUT2D eigenvalue weighted by atomic mass is 15.2. The van der Waals surface area contributed by atoms with Gasteiger partial charge in [-0.1, -0.05) is 30.9 Å². The summed E-state index contributed by atoms with van der Waals surface area (Å²) in [5, 5.41) is 0. The SMILES string of the molecule is CC1CCN(Cc2cccc(C#CCN)c2)C(C)C1. The summed E-state index contributed by atoms with van der Waals surface area (Å²) in [6.45, 7) is 7.36. The Morgan fingerprint density at radius 1 is 1.37 bits per heavy atom. The largest absolute Gasteiger partial charge is 0.320 e. The number of likely N-dealkylation sites (tertiary alicyclic amines) is 1. The second-order valence-electron chi connectivity index (χ2n) is 5.66. The topological polar surface area (TPSA) is 29.3 Å². The molecule has 1 heterocycles. The molecule has 1 aliphatic rings. The Balaban J connectivity index is 2.02. The second-order valence-corrected chi connectivity index (χ2v) is 5.66. The summed E-state index contributed by atoms with van der Waals surface area (Å²) in [6.07, 6.45) is 2.63. The monoisotopic (exact) mass is 256 g/mol. The maximum atomic E-state index is 5.41. The number of hydrogen-bond donors (Lipinski definition) is 1. The summed E-state index contributed by atoms with van der Waals surface area (Å²) in [5.74, 6) is 6.89. The van der Waals surface area contributed by atoms with Crippen LogP contribution in [-0.2, 0) is 6.54 Å². The normalized spacial score (nSPS) is 23.7. The minimum Gasteiger partial charge on any atom is -0.320 e. The minimum atomic E-state index is 0.422. The zero-order valence-electron chi connectivity index (χ0n) is 12.0. The molecule has 102 valence electrons. The number of rotatable bonds is 2. The first-order valence-corrected chi connectivity index (χ1v) is 7.21. The highest BCUT2D eigenvalue weighted by molar-refractivity contribution is 5.37. The molecule has 19 heavy (non-hydrogen) atoms. The first-order chi connectivity index (χ1) is 9.19. The Kier molecular flexibility index (Phi) is 5.01. The van der Waals surface area contributed by atoms with Gasteiger partial charge in [0.15, 0.2) is 0 Å². The Hall–Kier alpha value is -1.30. The van der Waals surface area contributed by atoms with Gasteiger partial charge in [0.25, 0.3) is 0 Å². The van der Waals surface area contributed by atoms with Gasteiger partial charge in [0, 0.05) is 18.2 Å². The van der Waals surface area contributed by atoms with Gasteiger partial charge in [-0.2, -0.15) is 0 Å². The molecule has 1 aliphatic heterocycles. The van der Waals surface area contributed by atoms with E-state index in [0.29, 0.717) is 12.6 Å². The van der Waals surface area contributed by atoms with E-state index in [1.807, 2.05) is 6.07 Å². The van der Waals surface area contributed by atoms with Crippen molar-refractivity contribution in [3.8, 4) is 11.8 Å². The molecule has 2 nitrogen and oxygen atoms in total. The predicted molar refractivity (Wildman–Crippen MR) is 80.6 cm³/mol. The fourth-order valence-corrected chi connectivity index (χ4v) is 2.83. The van der Waals surface area contributed by atoms with Gasteiger partial charge in [-0.3, -0.25) is 4.90 Å². The van der Waals surface area contributed by atoms with Crippen molar-refractivity contribution in [2.24, 2.45) is 11.7 Å². The van der Waals surface area contributed by atoms with Gasteiger partial charge in [0.2, 0.25) is 0 Å². The molecule has 1 saturated heterocycles. The zero-order valence-corrected chi connectivity index (χ0v) is 12.0. The van der Waals surface area contributed by atoms with Crippen LogP contribution in [0.15, 0.2) is 24.3 Å². The fourth-order valence-electron chi connectivity index (χ4n) is 2.83. The number of piperidine rings is 1. The van der Waals surface area contributed by atoms with E-state index < -0.39 is 0 Å². The predicted octanol–water partition coefficient (Wildman–Crippen LogP) is 2.62. The Bertz CT molecular complexity index is 470. The molecule has 1 aromatic rings. The molecule has 0 bridgehead atoms. The van der Waals surface area contributed by atoms with Crippen LogP contribution in [0.3, 0.4) is 0 Å².